The molecular weight excluding hydrogens is 208 g/mol. The van der Waals surface area contributed by atoms with Crippen LogP contribution in [0.15, 0.2) is 5.11 Å². The van der Waals surface area contributed by atoms with Gasteiger partial charge in [0.2, 0.25) is 0 Å². The van der Waals surface area contributed by atoms with Crippen molar-refractivity contribution in [2.24, 2.45) is 5.11 Å². The van der Waals surface area contributed by atoms with Crippen molar-refractivity contribution in [3.63, 3.8) is 0 Å². The molecule has 0 aliphatic heterocycles. The lowest BCUT2D eigenvalue weighted by Gasteiger charge is -2.05. The van der Waals surface area contributed by atoms with E-state index < -0.39 is 0 Å². The van der Waals surface area contributed by atoms with Crippen molar-refractivity contribution >= 4 is 0 Å². The van der Waals surface area contributed by atoms with Gasteiger partial charge in [-0.05, 0) is 5.53 Å². The summed E-state index contributed by atoms with van der Waals surface area (Å²) in [7, 11) is 0. The lowest BCUT2D eigenvalue weighted by molar-refractivity contribution is 0.0519. The van der Waals surface area contributed by atoms with Crippen LogP contribution >= 0.6 is 0 Å². The van der Waals surface area contributed by atoms with Gasteiger partial charge in [-0.1, -0.05) is 5.11 Å². The van der Waals surface area contributed by atoms with Crippen LogP contribution in [0, 0.1) is 12.3 Å². The first-order chi connectivity index (χ1) is 7.91. The number of nitrogens with one attached hydrogen (secondary N) is 1. The first-order valence-electron chi connectivity index (χ1n) is 5.22. The molecule has 0 spiro atoms. The molecule has 0 saturated heterocycles. The molecule has 0 fully saturated rings. The Morgan fingerprint density at radius 1 is 1.19 bits per heavy atom. The van der Waals surface area contributed by atoms with Crippen LogP contribution in [0.1, 0.15) is 6.42 Å². The molecule has 90 valence electrons. The highest BCUT2D eigenvalue weighted by Gasteiger charge is 1.89. The van der Waals surface area contributed by atoms with E-state index in [-0.39, 0.29) is 0 Å². The van der Waals surface area contributed by atoms with Crippen LogP contribution in [-0.4, -0.2) is 46.1 Å². The minimum Gasteiger partial charge on any atom is -0.379 e. The highest BCUT2D eigenvalue weighted by Crippen LogP contribution is 1.80. The van der Waals surface area contributed by atoms with Crippen LogP contribution in [0.25, 0.3) is 10.4 Å². The number of ether oxygens (including phenoxy) is 2. The van der Waals surface area contributed by atoms with Crippen molar-refractivity contribution in [3.8, 4) is 12.3 Å². The molecule has 6 heteroatoms. The lowest BCUT2D eigenvalue weighted by Crippen LogP contribution is -2.21. The lowest BCUT2D eigenvalue weighted by atomic mass is 10.4. The van der Waals surface area contributed by atoms with Crippen LogP contribution in [0.5, 0.6) is 0 Å². The van der Waals surface area contributed by atoms with E-state index in [4.69, 9.17) is 21.4 Å². The van der Waals surface area contributed by atoms with E-state index in [1.807, 2.05) is 0 Å². The monoisotopic (exact) mass is 226 g/mol. The van der Waals surface area contributed by atoms with Crippen molar-refractivity contribution in [2.45, 2.75) is 6.42 Å². The van der Waals surface area contributed by atoms with Gasteiger partial charge in [0.1, 0.15) is 0 Å². The molecule has 0 aliphatic rings. The minimum atomic E-state index is 0.365. The molecule has 0 bridgehead atoms. The van der Waals surface area contributed by atoms with Crippen LogP contribution < -0.4 is 5.32 Å². The molecule has 0 aromatic rings. The number of hydrogen-bond donors (Lipinski definition) is 1. The molecule has 0 aliphatic carbocycles. The van der Waals surface area contributed by atoms with Gasteiger partial charge in [-0.2, -0.15) is 0 Å². The van der Waals surface area contributed by atoms with Gasteiger partial charge >= 0.3 is 0 Å². The van der Waals surface area contributed by atoms with Crippen molar-refractivity contribution < 1.29 is 9.47 Å². The van der Waals surface area contributed by atoms with Crippen LogP contribution in [0.4, 0.5) is 0 Å². The molecule has 0 radical (unpaired) electrons. The Labute approximate surface area is 95.9 Å². The Bertz CT molecular complexity index is 233. The van der Waals surface area contributed by atoms with E-state index in [0.717, 1.165) is 19.5 Å². The standard InChI is InChI=1S/C10H18N4O2/c1-2-3-4-12-5-7-15-9-10-16-8-6-13-14-11/h1,12H,3-10H2. The highest BCUT2D eigenvalue weighted by molar-refractivity contribution is 4.83. The van der Waals surface area contributed by atoms with Crippen molar-refractivity contribution in [3.05, 3.63) is 10.4 Å². The molecule has 0 rings (SSSR count). The number of rotatable bonds is 11. The van der Waals surface area contributed by atoms with Crippen molar-refractivity contribution in [2.75, 3.05) is 46.1 Å². The molecule has 0 atom stereocenters. The minimum absolute atomic E-state index is 0.365. The van der Waals surface area contributed by atoms with Gasteiger partial charge in [-0.25, -0.2) is 0 Å². The summed E-state index contributed by atoms with van der Waals surface area (Å²) in [5, 5.41) is 6.48. The highest BCUT2D eigenvalue weighted by atomic mass is 16.5. The zero-order valence-electron chi connectivity index (χ0n) is 9.39. The quantitative estimate of drug-likeness (QED) is 0.187. The fraction of sp³-hybridized carbons (Fsp3) is 0.800. The topological polar surface area (TPSA) is 79.2 Å². The second-order valence-electron chi connectivity index (χ2n) is 2.88. The molecule has 0 heterocycles. The summed E-state index contributed by atoms with van der Waals surface area (Å²) in [6.07, 6.45) is 5.83. The first-order valence-corrected chi connectivity index (χ1v) is 5.22. The largest absolute Gasteiger partial charge is 0.379 e. The predicted molar refractivity (Wildman–Crippen MR) is 62.0 cm³/mol. The zero-order valence-corrected chi connectivity index (χ0v) is 9.39. The van der Waals surface area contributed by atoms with E-state index in [9.17, 15) is 0 Å². The van der Waals surface area contributed by atoms with Crippen LogP contribution in [-0.2, 0) is 9.47 Å². The summed E-state index contributed by atoms with van der Waals surface area (Å²) in [5.41, 5.74) is 7.99. The molecule has 0 aromatic carbocycles. The normalized spacial score (nSPS) is 9.44. The summed E-state index contributed by atoms with van der Waals surface area (Å²) >= 11 is 0. The molecule has 0 aromatic heterocycles. The average molecular weight is 226 g/mol. The number of azide groups is 1. The molecule has 0 saturated carbocycles. The fourth-order valence-electron chi connectivity index (χ4n) is 0.902. The van der Waals surface area contributed by atoms with Gasteiger partial charge in [-0.15, -0.1) is 12.3 Å². The Morgan fingerprint density at radius 2 is 1.94 bits per heavy atom. The molecular formula is C10H18N4O2. The van der Waals surface area contributed by atoms with Crippen molar-refractivity contribution in [1.29, 1.82) is 0 Å². The Balaban J connectivity index is 2.93. The Kier molecular flexibility index (Phi) is 12.7. The summed E-state index contributed by atoms with van der Waals surface area (Å²) in [6.45, 7) is 4.13. The maximum absolute atomic E-state index is 7.99. The van der Waals surface area contributed by atoms with Crippen LogP contribution in [0.3, 0.4) is 0 Å². The second kappa shape index (κ2) is 13.8. The molecule has 6 nitrogen and oxygen atoms in total. The summed E-state index contributed by atoms with van der Waals surface area (Å²) in [6, 6.07) is 0. The molecule has 0 unspecified atom stereocenters. The number of nitrogens with zero attached hydrogens (tertiary/aromatic N) is 3. The number of terminal acetylenes is 1. The number of hydrogen-bond acceptors (Lipinski definition) is 4. The zero-order chi connectivity index (χ0) is 11.9. The summed E-state index contributed by atoms with van der Waals surface area (Å²) < 4.78 is 10.4. The van der Waals surface area contributed by atoms with Gasteiger partial charge in [0.05, 0.1) is 26.4 Å². The third-order valence-electron chi connectivity index (χ3n) is 1.64. The van der Waals surface area contributed by atoms with Gasteiger partial charge in [0, 0.05) is 31.0 Å². The Morgan fingerprint density at radius 3 is 2.62 bits per heavy atom. The van der Waals surface area contributed by atoms with Crippen LogP contribution in [0.2, 0.25) is 0 Å². The van der Waals surface area contributed by atoms with E-state index in [2.05, 4.69) is 21.3 Å². The predicted octanol–water partition coefficient (Wildman–Crippen LogP) is 0.943. The maximum Gasteiger partial charge on any atom is 0.0701 e. The van der Waals surface area contributed by atoms with Crippen molar-refractivity contribution in [1.82, 2.24) is 5.32 Å². The smallest absolute Gasteiger partial charge is 0.0701 e. The average Bonchev–Trinajstić information content (AvgIpc) is 2.31. The summed E-state index contributed by atoms with van der Waals surface area (Å²) in [5.74, 6) is 2.55. The third-order valence-corrected chi connectivity index (χ3v) is 1.64. The van der Waals surface area contributed by atoms with E-state index in [1.54, 1.807) is 0 Å². The molecule has 1 N–H and O–H groups in total. The van der Waals surface area contributed by atoms with E-state index >= 15 is 0 Å². The second-order valence-corrected chi connectivity index (χ2v) is 2.88. The summed E-state index contributed by atoms with van der Waals surface area (Å²) in [4.78, 5) is 2.61. The van der Waals surface area contributed by atoms with E-state index in [0.29, 0.717) is 33.0 Å². The maximum atomic E-state index is 7.99. The first kappa shape index (κ1) is 14.8. The van der Waals surface area contributed by atoms with E-state index in [1.165, 1.54) is 0 Å². The SMILES string of the molecule is C#CCCNCCOCCOCCN=[N+]=[N-]. The van der Waals surface area contributed by atoms with Gasteiger partial charge < -0.3 is 14.8 Å². The Hall–Kier alpha value is -1.25. The van der Waals surface area contributed by atoms with Gasteiger partial charge in [0.15, 0.2) is 0 Å². The fourth-order valence-corrected chi connectivity index (χ4v) is 0.902. The van der Waals surface area contributed by atoms with Gasteiger partial charge in [0.25, 0.3) is 0 Å². The third kappa shape index (κ3) is 12.8. The van der Waals surface area contributed by atoms with Gasteiger partial charge in [-0.3, -0.25) is 0 Å². The molecule has 0 amide bonds. The molecule has 16 heavy (non-hydrogen) atoms.